The molecule has 2 amide bonds. The van der Waals surface area contributed by atoms with Crippen LogP contribution < -0.4 is 16.8 Å². The monoisotopic (exact) mass is 555 g/mol. The Morgan fingerprint density at radius 2 is 2.22 bits per heavy atom. The van der Waals surface area contributed by atoms with Crippen LogP contribution in [0.5, 0.6) is 0 Å². The minimum absolute atomic E-state index is 0.0363. The Bertz CT molecular complexity index is 1230. The van der Waals surface area contributed by atoms with E-state index < -0.39 is 29.2 Å². The Hall–Kier alpha value is -3.29. The number of amides is 2. The van der Waals surface area contributed by atoms with E-state index in [1.54, 1.807) is 6.92 Å². The highest BCUT2D eigenvalue weighted by Gasteiger charge is 2.54. The Morgan fingerprint density at radius 3 is 2.89 bits per heavy atom. The van der Waals surface area contributed by atoms with Gasteiger partial charge in [0, 0.05) is 29.6 Å². The second-order valence-electron chi connectivity index (χ2n) is 7.19. The number of β-lactam (4-membered cyclic amide) rings is 1. The van der Waals surface area contributed by atoms with Crippen molar-refractivity contribution in [2.75, 3.05) is 30.4 Å². The predicted octanol–water partition coefficient (Wildman–Crippen LogP) is -1.66. The van der Waals surface area contributed by atoms with Crippen molar-refractivity contribution in [3.63, 3.8) is 0 Å². The number of fused-ring (bicyclic) bond motifs is 1. The third-order valence-electron chi connectivity index (χ3n) is 4.91. The van der Waals surface area contributed by atoms with E-state index in [-0.39, 0.29) is 34.7 Å². The molecule has 1 saturated heterocycles. The number of anilines is 1. The smallest absolute Gasteiger partial charge is 0.352 e. The van der Waals surface area contributed by atoms with Gasteiger partial charge in [-0.1, -0.05) is 16.9 Å². The van der Waals surface area contributed by atoms with Gasteiger partial charge in [-0.05, 0) is 22.9 Å². The maximum Gasteiger partial charge on any atom is 0.352 e. The van der Waals surface area contributed by atoms with Crippen LogP contribution in [-0.4, -0.2) is 99.1 Å². The summed E-state index contributed by atoms with van der Waals surface area (Å²) in [4.78, 5) is 48.1. The number of oxime groups is 1. The number of nitrogens with zero attached hydrogens (tertiary/aromatic N) is 8. The van der Waals surface area contributed by atoms with Gasteiger partial charge in [0.1, 0.15) is 23.7 Å². The Kier molecular flexibility index (Phi) is 8.01. The van der Waals surface area contributed by atoms with Gasteiger partial charge in [-0.15, -0.1) is 16.9 Å². The van der Waals surface area contributed by atoms with Crippen LogP contribution in [0.1, 0.15) is 12.7 Å². The lowest BCUT2D eigenvalue weighted by Crippen LogP contribution is -2.71. The number of aliphatic carboxylic acids is 1. The summed E-state index contributed by atoms with van der Waals surface area (Å²) in [6.45, 7) is 2.64. The first-order valence-corrected chi connectivity index (χ1v) is 13.3. The molecular weight excluding hydrogens is 534 g/mol. The average Bonchev–Trinajstić information content (AvgIpc) is 3.49. The second kappa shape index (κ2) is 11.2. The minimum Gasteiger partial charge on any atom is -0.477 e. The highest BCUT2D eigenvalue weighted by molar-refractivity contribution is 8.01. The van der Waals surface area contributed by atoms with Gasteiger partial charge in [-0.3, -0.25) is 14.5 Å². The fourth-order valence-corrected chi connectivity index (χ4v) is 6.19. The maximum absolute atomic E-state index is 13.0. The van der Waals surface area contributed by atoms with Gasteiger partial charge in [0.05, 0.1) is 6.54 Å². The van der Waals surface area contributed by atoms with Crippen LogP contribution in [0.25, 0.3) is 0 Å². The Labute approximate surface area is 216 Å². The zero-order chi connectivity index (χ0) is 25.8. The average molecular weight is 556 g/mol. The third kappa shape index (κ3) is 5.13. The lowest BCUT2D eigenvalue weighted by atomic mass is 10.0. The summed E-state index contributed by atoms with van der Waals surface area (Å²) in [5.74, 6) is -1.99. The molecule has 0 aromatic carbocycles. The number of hydrogen-bond acceptors (Lipinski definition) is 15. The van der Waals surface area contributed by atoms with Crippen LogP contribution in [0, 0.1) is 0 Å². The molecule has 0 saturated carbocycles. The van der Waals surface area contributed by atoms with Crippen LogP contribution in [0.2, 0.25) is 0 Å². The largest absolute Gasteiger partial charge is 0.477 e. The number of thioether (sulfide) groups is 2. The molecule has 2 aromatic rings. The Morgan fingerprint density at radius 1 is 1.42 bits per heavy atom. The van der Waals surface area contributed by atoms with Gasteiger partial charge in [-0.25, -0.2) is 9.48 Å². The summed E-state index contributed by atoms with van der Waals surface area (Å²) in [6.07, 6.45) is 0. The number of nitrogens with two attached hydrogens (primary N) is 2. The zero-order valence-corrected chi connectivity index (χ0v) is 21.2. The molecule has 2 unspecified atom stereocenters. The topological polar surface area (TPSA) is 230 Å². The fourth-order valence-electron chi connectivity index (χ4n) is 3.36. The molecule has 19 heteroatoms. The van der Waals surface area contributed by atoms with E-state index in [9.17, 15) is 19.5 Å². The molecule has 6 N–H and O–H groups in total. The van der Waals surface area contributed by atoms with Crippen molar-refractivity contribution in [1.82, 2.24) is 39.8 Å². The van der Waals surface area contributed by atoms with Crippen LogP contribution in [0.3, 0.4) is 0 Å². The molecule has 2 aliphatic rings. The van der Waals surface area contributed by atoms with E-state index in [4.69, 9.17) is 16.3 Å². The number of carbonyl (C=O) groups excluding carboxylic acids is 2. The number of carbonyl (C=O) groups is 3. The molecule has 2 atom stereocenters. The van der Waals surface area contributed by atoms with Crippen molar-refractivity contribution in [1.29, 1.82) is 0 Å². The first-order chi connectivity index (χ1) is 17.3. The van der Waals surface area contributed by atoms with Crippen molar-refractivity contribution in [2.45, 2.75) is 30.0 Å². The summed E-state index contributed by atoms with van der Waals surface area (Å²) < 4.78 is 5.49. The van der Waals surface area contributed by atoms with Crippen molar-refractivity contribution >= 4 is 63.7 Å². The van der Waals surface area contributed by atoms with Gasteiger partial charge in [-0.2, -0.15) is 9.36 Å². The molecule has 2 aliphatic heterocycles. The van der Waals surface area contributed by atoms with E-state index in [2.05, 4.69) is 35.4 Å². The summed E-state index contributed by atoms with van der Waals surface area (Å²) in [5.41, 5.74) is 11.3. The molecule has 16 nitrogen and oxygen atoms in total. The van der Waals surface area contributed by atoms with Crippen LogP contribution in [-0.2, 0) is 25.8 Å². The number of nitrogens with one attached hydrogen (secondary N) is 1. The van der Waals surface area contributed by atoms with E-state index in [0.717, 1.165) is 11.5 Å². The number of nitrogen functional groups attached to an aromatic ring is 1. The number of aromatic nitrogens is 6. The molecule has 0 spiro atoms. The number of carboxylic acid groups (broad SMARTS) is 1. The first-order valence-electron chi connectivity index (χ1n) is 10.4. The summed E-state index contributed by atoms with van der Waals surface area (Å²) in [6, 6.07) is -0.967. The zero-order valence-electron chi connectivity index (χ0n) is 18.7. The van der Waals surface area contributed by atoms with Gasteiger partial charge >= 0.3 is 5.97 Å². The SMILES string of the molecule is CCO/N=C(/C(=O)NC1C(=O)N2C(C(=O)O)=C(CSc3nnnn3CCN)CSC12)c1nsc(N)n1. The van der Waals surface area contributed by atoms with Gasteiger partial charge in [0.25, 0.3) is 11.8 Å². The molecule has 0 aliphatic carbocycles. The van der Waals surface area contributed by atoms with E-state index in [0.29, 0.717) is 29.6 Å². The second-order valence-corrected chi connectivity index (χ2v) is 10.0. The number of carboxylic acids is 1. The molecule has 4 heterocycles. The maximum atomic E-state index is 13.0. The summed E-state index contributed by atoms with van der Waals surface area (Å²) >= 11 is 3.46. The highest BCUT2D eigenvalue weighted by Crippen LogP contribution is 2.41. The highest BCUT2D eigenvalue weighted by atomic mass is 32.2. The fraction of sp³-hybridized carbons (Fsp3) is 0.471. The first kappa shape index (κ1) is 25.8. The normalized spacial score (nSPS) is 19.7. The van der Waals surface area contributed by atoms with Crippen molar-refractivity contribution in [3.05, 3.63) is 17.1 Å². The molecule has 0 bridgehead atoms. The van der Waals surface area contributed by atoms with Crippen molar-refractivity contribution in [3.8, 4) is 0 Å². The van der Waals surface area contributed by atoms with Gasteiger partial charge < -0.3 is 26.7 Å². The van der Waals surface area contributed by atoms with E-state index in [1.165, 1.54) is 33.1 Å². The quantitative estimate of drug-likeness (QED) is 0.105. The summed E-state index contributed by atoms with van der Waals surface area (Å²) in [7, 11) is 0. The Balaban J connectivity index is 1.48. The lowest BCUT2D eigenvalue weighted by molar-refractivity contribution is -0.150. The number of hydrogen-bond donors (Lipinski definition) is 4. The van der Waals surface area contributed by atoms with Crippen molar-refractivity contribution < 1.29 is 24.3 Å². The third-order valence-corrected chi connectivity index (χ3v) is 7.83. The van der Waals surface area contributed by atoms with Gasteiger partial charge in [0.2, 0.25) is 16.7 Å². The lowest BCUT2D eigenvalue weighted by Gasteiger charge is -2.49. The van der Waals surface area contributed by atoms with Gasteiger partial charge in [0.15, 0.2) is 5.13 Å². The molecule has 0 radical (unpaired) electrons. The molecule has 192 valence electrons. The number of tetrazole rings is 1. The van der Waals surface area contributed by atoms with E-state index in [1.807, 2.05) is 0 Å². The summed E-state index contributed by atoms with van der Waals surface area (Å²) in [5, 5.41) is 27.6. The van der Waals surface area contributed by atoms with Crippen LogP contribution in [0.4, 0.5) is 5.13 Å². The minimum atomic E-state index is -1.24. The van der Waals surface area contributed by atoms with E-state index >= 15 is 0 Å². The molecule has 4 rings (SSSR count). The molecule has 1 fully saturated rings. The van der Waals surface area contributed by atoms with Crippen molar-refractivity contribution in [2.24, 2.45) is 10.9 Å². The number of rotatable bonds is 11. The molecular formula is C17H21N11O5S3. The van der Waals surface area contributed by atoms with Crippen LogP contribution in [0.15, 0.2) is 21.6 Å². The molecule has 2 aromatic heterocycles. The molecule has 36 heavy (non-hydrogen) atoms. The predicted molar refractivity (Wildman–Crippen MR) is 130 cm³/mol. The standard InChI is InChI=1S/C17H21N11O5S3/c1-2-33-23-8(11-21-16(19)36-24-11)12(29)20-9-13(30)28-10(15(31)32)7(5-34-14(9)28)6-35-17-22-25-26-27(17)4-3-18/h9,14H,2-6,18H2,1H3,(H,20,29)(H,31,32)(H2,19,21,24)/b23-8+. The van der Waals surface area contributed by atoms with Crippen LogP contribution >= 0.6 is 35.1 Å².